The lowest BCUT2D eigenvalue weighted by molar-refractivity contribution is 0.255. The molecule has 2 nitrogen and oxygen atoms in total. The maximum Gasteiger partial charge on any atom is 0.122 e. The van der Waals surface area contributed by atoms with E-state index in [0.29, 0.717) is 5.92 Å². The first-order chi connectivity index (χ1) is 6.63. The fraction of sp³-hybridized carbons (Fsp3) is 0.500. The lowest BCUT2D eigenvalue weighted by Gasteiger charge is -2.13. The van der Waals surface area contributed by atoms with Gasteiger partial charge in [0.25, 0.3) is 0 Å². The number of nitrogen functional groups attached to an aromatic ring is 1. The second-order valence-electron chi connectivity index (χ2n) is 3.85. The van der Waals surface area contributed by atoms with Crippen molar-refractivity contribution in [2.45, 2.75) is 27.2 Å². The number of ether oxygens (including phenoxy) is 1. The van der Waals surface area contributed by atoms with Crippen LogP contribution in [-0.4, -0.2) is 6.61 Å². The van der Waals surface area contributed by atoms with Gasteiger partial charge in [0.1, 0.15) is 5.75 Å². The van der Waals surface area contributed by atoms with Crippen molar-refractivity contribution < 1.29 is 4.74 Å². The molecule has 14 heavy (non-hydrogen) atoms. The van der Waals surface area contributed by atoms with Crippen molar-refractivity contribution in [2.24, 2.45) is 5.92 Å². The molecule has 0 bridgehead atoms. The highest BCUT2D eigenvalue weighted by molar-refractivity contribution is 5.47. The number of benzene rings is 1. The van der Waals surface area contributed by atoms with E-state index in [1.165, 1.54) is 0 Å². The highest BCUT2D eigenvalue weighted by atomic mass is 16.5. The number of hydrogen-bond acceptors (Lipinski definition) is 2. The van der Waals surface area contributed by atoms with Gasteiger partial charge < -0.3 is 10.5 Å². The number of aryl methyl sites for hydroxylation is 1. The molecule has 1 aromatic carbocycles. The summed E-state index contributed by atoms with van der Waals surface area (Å²) in [5, 5.41) is 0. The van der Waals surface area contributed by atoms with E-state index in [2.05, 4.69) is 13.8 Å². The molecule has 1 atom stereocenters. The largest absolute Gasteiger partial charge is 0.493 e. The first-order valence-corrected chi connectivity index (χ1v) is 5.12. The summed E-state index contributed by atoms with van der Waals surface area (Å²) in [7, 11) is 0. The van der Waals surface area contributed by atoms with Crippen LogP contribution < -0.4 is 10.5 Å². The van der Waals surface area contributed by atoms with Gasteiger partial charge in [-0.1, -0.05) is 20.3 Å². The van der Waals surface area contributed by atoms with E-state index >= 15 is 0 Å². The molecule has 0 aromatic heterocycles. The van der Waals surface area contributed by atoms with Gasteiger partial charge in [-0.25, -0.2) is 0 Å². The van der Waals surface area contributed by atoms with Crippen molar-refractivity contribution in [2.75, 3.05) is 12.3 Å². The monoisotopic (exact) mass is 193 g/mol. The zero-order valence-corrected chi connectivity index (χ0v) is 9.21. The second-order valence-corrected chi connectivity index (χ2v) is 3.85. The van der Waals surface area contributed by atoms with E-state index in [-0.39, 0.29) is 0 Å². The quantitative estimate of drug-likeness (QED) is 0.746. The molecule has 0 radical (unpaired) electrons. The summed E-state index contributed by atoms with van der Waals surface area (Å²) in [5.74, 6) is 1.55. The Morgan fingerprint density at radius 2 is 2.14 bits per heavy atom. The molecule has 0 saturated carbocycles. The molecule has 1 rings (SSSR count). The topological polar surface area (TPSA) is 35.2 Å². The van der Waals surface area contributed by atoms with Crippen molar-refractivity contribution in [1.82, 2.24) is 0 Å². The van der Waals surface area contributed by atoms with Gasteiger partial charge in [0.05, 0.1) is 6.61 Å². The molecule has 2 heteroatoms. The predicted molar refractivity (Wildman–Crippen MR) is 60.5 cm³/mol. The molecule has 0 heterocycles. The lowest BCUT2D eigenvalue weighted by Crippen LogP contribution is -2.08. The fourth-order valence-corrected chi connectivity index (χ4v) is 1.18. The fourth-order valence-electron chi connectivity index (χ4n) is 1.18. The average Bonchev–Trinajstić information content (AvgIpc) is 2.16. The third-order valence-electron chi connectivity index (χ3n) is 2.42. The van der Waals surface area contributed by atoms with Crippen LogP contribution in [0.2, 0.25) is 0 Å². The maximum absolute atomic E-state index is 5.69. The van der Waals surface area contributed by atoms with E-state index in [1.54, 1.807) is 0 Å². The van der Waals surface area contributed by atoms with Gasteiger partial charge in [0.2, 0.25) is 0 Å². The number of rotatable bonds is 4. The molecular formula is C12H19NO. The minimum atomic E-state index is 0.604. The van der Waals surface area contributed by atoms with Crippen LogP contribution >= 0.6 is 0 Å². The highest BCUT2D eigenvalue weighted by Crippen LogP contribution is 2.20. The van der Waals surface area contributed by atoms with E-state index < -0.39 is 0 Å². The standard InChI is InChI=1S/C12H19NO/c1-4-9(2)8-14-12-6-5-11(13)7-10(12)3/h5-7,9H,4,8,13H2,1-3H3. The van der Waals surface area contributed by atoms with Crippen LogP contribution in [0.1, 0.15) is 25.8 Å². The Morgan fingerprint density at radius 3 is 2.71 bits per heavy atom. The maximum atomic E-state index is 5.69. The Hall–Kier alpha value is -1.18. The lowest BCUT2D eigenvalue weighted by atomic mass is 10.1. The van der Waals surface area contributed by atoms with Gasteiger partial charge >= 0.3 is 0 Å². The zero-order valence-electron chi connectivity index (χ0n) is 9.21. The first-order valence-electron chi connectivity index (χ1n) is 5.12. The molecule has 0 saturated heterocycles. The number of nitrogens with two attached hydrogens (primary N) is 1. The molecule has 0 amide bonds. The summed E-state index contributed by atoms with van der Waals surface area (Å²) in [6.07, 6.45) is 1.15. The van der Waals surface area contributed by atoms with Gasteiger partial charge in [-0.15, -0.1) is 0 Å². The Balaban J connectivity index is 2.59. The summed E-state index contributed by atoms with van der Waals surface area (Å²) in [5.41, 5.74) is 7.55. The summed E-state index contributed by atoms with van der Waals surface area (Å²) in [6.45, 7) is 7.15. The second kappa shape index (κ2) is 4.89. The van der Waals surface area contributed by atoms with Gasteiger partial charge in [0.15, 0.2) is 0 Å². The summed E-state index contributed by atoms with van der Waals surface area (Å²) in [6, 6.07) is 5.75. The summed E-state index contributed by atoms with van der Waals surface area (Å²) >= 11 is 0. The third kappa shape index (κ3) is 2.95. The smallest absolute Gasteiger partial charge is 0.122 e. The normalized spacial score (nSPS) is 12.5. The van der Waals surface area contributed by atoms with Crippen molar-refractivity contribution in [3.63, 3.8) is 0 Å². The number of hydrogen-bond donors (Lipinski definition) is 1. The Bertz CT molecular complexity index is 296. The minimum Gasteiger partial charge on any atom is -0.493 e. The van der Waals surface area contributed by atoms with Crippen LogP contribution in [0.5, 0.6) is 5.75 Å². The SMILES string of the molecule is CCC(C)COc1ccc(N)cc1C. The van der Waals surface area contributed by atoms with Crippen LogP contribution in [0.15, 0.2) is 18.2 Å². The molecule has 0 aliphatic rings. The Labute approximate surface area is 86.1 Å². The van der Waals surface area contributed by atoms with Crippen LogP contribution in [0.3, 0.4) is 0 Å². The molecule has 2 N–H and O–H groups in total. The first kappa shape index (κ1) is 10.9. The van der Waals surface area contributed by atoms with Crippen LogP contribution in [0.25, 0.3) is 0 Å². The van der Waals surface area contributed by atoms with Gasteiger partial charge in [-0.05, 0) is 36.6 Å². The van der Waals surface area contributed by atoms with Crippen molar-refractivity contribution in [3.8, 4) is 5.75 Å². The molecule has 0 spiro atoms. The Kier molecular flexibility index (Phi) is 3.81. The van der Waals surface area contributed by atoms with Crippen LogP contribution in [0.4, 0.5) is 5.69 Å². The van der Waals surface area contributed by atoms with Crippen molar-refractivity contribution in [3.05, 3.63) is 23.8 Å². The molecular weight excluding hydrogens is 174 g/mol. The van der Waals surface area contributed by atoms with Crippen molar-refractivity contribution >= 4 is 5.69 Å². The highest BCUT2D eigenvalue weighted by Gasteiger charge is 2.02. The van der Waals surface area contributed by atoms with Gasteiger partial charge in [-0.3, -0.25) is 0 Å². The van der Waals surface area contributed by atoms with E-state index in [4.69, 9.17) is 10.5 Å². The molecule has 0 aliphatic heterocycles. The summed E-state index contributed by atoms with van der Waals surface area (Å²) in [4.78, 5) is 0. The average molecular weight is 193 g/mol. The van der Waals surface area contributed by atoms with Gasteiger partial charge in [-0.2, -0.15) is 0 Å². The van der Waals surface area contributed by atoms with Crippen LogP contribution in [-0.2, 0) is 0 Å². The zero-order chi connectivity index (χ0) is 10.6. The predicted octanol–water partition coefficient (Wildman–Crippen LogP) is 3.00. The van der Waals surface area contributed by atoms with Crippen LogP contribution in [0, 0.1) is 12.8 Å². The molecule has 0 fully saturated rings. The van der Waals surface area contributed by atoms with E-state index in [1.807, 2.05) is 25.1 Å². The molecule has 78 valence electrons. The third-order valence-corrected chi connectivity index (χ3v) is 2.42. The van der Waals surface area contributed by atoms with E-state index in [9.17, 15) is 0 Å². The molecule has 1 aromatic rings. The molecule has 1 unspecified atom stereocenters. The summed E-state index contributed by atoms with van der Waals surface area (Å²) < 4.78 is 5.69. The van der Waals surface area contributed by atoms with Gasteiger partial charge in [0, 0.05) is 5.69 Å². The Morgan fingerprint density at radius 1 is 1.43 bits per heavy atom. The number of anilines is 1. The molecule has 0 aliphatic carbocycles. The minimum absolute atomic E-state index is 0.604. The van der Waals surface area contributed by atoms with Crippen molar-refractivity contribution in [1.29, 1.82) is 0 Å². The van der Waals surface area contributed by atoms with E-state index in [0.717, 1.165) is 30.0 Å².